The molecule has 2 rings (SSSR count). The molecule has 2 N–H and O–H groups in total. The van der Waals surface area contributed by atoms with Gasteiger partial charge in [0.15, 0.2) is 0 Å². The second-order valence-corrected chi connectivity index (χ2v) is 4.35. The van der Waals surface area contributed by atoms with Crippen molar-refractivity contribution in [3.05, 3.63) is 34.3 Å². The van der Waals surface area contributed by atoms with Crippen LogP contribution in [0.5, 0.6) is 0 Å². The highest BCUT2D eigenvalue weighted by Crippen LogP contribution is 2.34. The summed E-state index contributed by atoms with van der Waals surface area (Å²) in [6.07, 6.45) is 1.77. The van der Waals surface area contributed by atoms with E-state index >= 15 is 0 Å². The van der Waals surface area contributed by atoms with Crippen LogP contribution in [0.25, 0.3) is 10.4 Å². The third-order valence-electron chi connectivity index (χ3n) is 1.99. The molecule has 2 aromatic heterocycles. The van der Waals surface area contributed by atoms with E-state index in [1.165, 1.54) is 0 Å². The first-order valence-corrected chi connectivity index (χ1v) is 5.39. The number of nitrogen functional groups attached to an aromatic ring is 1. The molecule has 2 heterocycles. The molecule has 0 unspecified atom stereocenters. The van der Waals surface area contributed by atoms with Gasteiger partial charge in [-0.1, -0.05) is 11.6 Å². The van der Waals surface area contributed by atoms with E-state index in [4.69, 9.17) is 17.3 Å². The molecule has 0 amide bonds. The van der Waals surface area contributed by atoms with Crippen molar-refractivity contribution >= 4 is 28.8 Å². The highest BCUT2D eigenvalue weighted by atomic mass is 35.5. The molecule has 0 bridgehead atoms. The van der Waals surface area contributed by atoms with Crippen LogP contribution in [0.15, 0.2) is 23.7 Å². The lowest BCUT2D eigenvalue weighted by Crippen LogP contribution is -1.91. The number of aryl methyl sites for hydroxylation is 1. The fourth-order valence-corrected chi connectivity index (χ4v) is 2.54. The Bertz CT molecular complexity index is 465. The van der Waals surface area contributed by atoms with Gasteiger partial charge in [-0.25, -0.2) is 4.98 Å². The first-order chi connectivity index (χ1) is 6.68. The summed E-state index contributed by atoms with van der Waals surface area (Å²) in [6, 6.07) is 3.74. The van der Waals surface area contributed by atoms with E-state index in [2.05, 4.69) is 4.98 Å². The van der Waals surface area contributed by atoms with Gasteiger partial charge in [0.25, 0.3) is 0 Å². The van der Waals surface area contributed by atoms with E-state index in [-0.39, 0.29) is 0 Å². The number of nitrogens with zero attached hydrogens (tertiary/aromatic N) is 1. The number of aromatic nitrogens is 1. The molecule has 14 heavy (non-hydrogen) atoms. The molecule has 2 aromatic rings. The van der Waals surface area contributed by atoms with Crippen molar-refractivity contribution in [3.8, 4) is 10.4 Å². The molecule has 0 aromatic carbocycles. The maximum absolute atomic E-state index is 6.04. The Balaban J connectivity index is 2.58. The molecule has 72 valence electrons. The van der Waals surface area contributed by atoms with E-state index in [0.29, 0.717) is 5.82 Å². The molecule has 0 aliphatic rings. The summed E-state index contributed by atoms with van der Waals surface area (Å²) in [4.78, 5) is 5.12. The van der Waals surface area contributed by atoms with Crippen LogP contribution in [0.2, 0.25) is 5.02 Å². The quantitative estimate of drug-likeness (QED) is 0.807. The summed E-state index contributed by atoms with van der Waals surface area (Å²) in [6.45, 7) is 2.00. The summed E-state index contributed by atoms with van der Waals surface area (Å²) in [5, 5.41) is 2.73. The van der Waals surface area contributed by atoms with Gasteiger partial charge in [0.05, 0.1) is 9.90 Å². The van der Waals surface area contributed by atoms with Crippen LogP contribution in [0.1, 0.15) is 5.56 Å². The smallest absolute Gasteiger partial charge is 0.123 e. The van der Waals surface area contributed by atoms with Crippen LogP contribution in [0, 0.1) is 6.92 Å². The summed E-state index contributed by atoms with van der Waals surface area (Å²) < 4.78 is 0. The Labute approximate surface area is 91.4 Å². The normalized spacial score (nSPS) is 10.4. The lowest BCUT2D eigenvalue weighted by molar-refractivity contribution is 1.30. The van der Waals surface area contributed by atoms with Gasteiger partial charge in [-0.15, -0.1) is 11.3 Å². The van der Waals surface area contributed by atoms with Gasteiger partial charge in [-0.2, -0.15) is 0 Å². The molecule has 0 saturated heterocycles. The standard InChI is InChI=1S/C10H9ClN2S/c1-6-4-9(12)13-5-7(6)10-8(11)2-3-14-10/h2-5H,1H3,(H2,12,13). The zero-order valence-corrected chi connectivity index (χ0v) is 9.19. The summed E-state index contributed by atoms with van der Waals surface area (Å²) in [5.41, 5.74) is 7.73. The number of nitrogens with two attached hydrogens (primary N) is 1. The van der Waals surface area contributed by atoms with Gasteiger partial charge >= 0.3 is 0 Å². The highest BCUT2D eigenvalue weighted by molar-refractivity contribution is 7.14. The number of pyridine rings is 1. The van der Waals surface area contributed by atoms with Crippen molar-refractivity contribution < 1.29 is 0 Å². The van der Waals surface area contributed by atoms with E-state index < -0.39 is 0 Å². The Morgan fingerprint density at radius 3 is 2.86 bits per heavy atom. The highest BCUT2D eigenvalue weighted by Gasteiger charge is 2.08. The predicted molar refractivity (Wildman–Crippen MR) is 61.7 cm³/mol. The Morgan fingerprint density at radius 2 is 2.29 bits per heavy atom. The number of hydrogen-bond donors (Lipinski definition) is 1. The molecule has 0 saturated carbocycles. The average Bonchev–Trinajstić information content (AvgIpc) is 2.52. The van der Waals surface area contributed by atoms with E-state index in [1.54, 1.807) is 17.5 Å². The van der Waals surface area contributed by atoms with Crippen molar-refractivity contribution in [1.82, 2.24) is 4.98 Å². The maximum Gasteiger partial charge on any atom is 0.123 e. The van der Waals surface area contributed by atoms with Gasteiger partial charge < -0.3 is 5.73 Å². The zero-order chi connectivity index (χ0) is 10.1. The first-order valence-electron chi connectivity index (χ1n) is 4.14. The first kappa shape index (κ1) is 9.49. The lowest BCUT2D eigenvalue weighted by Gasteiger charge is -2.03. The molecule has 2 nitrogen and oxygen atoms in total. The molecular weight excluding hydrogens is 216 g/mol. The molecule has 0 spiro atoms. The number of hydrogen-bond acceptors (Lipinski definition) is 3. The predicted octanol–water partition coefficient (Wildman–Crippen LogP) is 3.35. The van der Waals surface area contributed by atoms with Crippen molar-refractivity contribution in [2.24, 2.45) is 0 Å². The van der Waals surface area contributed by atoms with Crippen molar-refractivity contribution in [2.45, 2.75) is 6.92 Å². The van der Waals surface area contributed by atoms with Gasteiger partial charge in [-0.05, 0) is 30.0 Å². The van der Waals surface area contributed by atoms with E-state index in [9.17, 15) is 0 Å². The molecule has 0 atom stereocenters. The molecule has 0 aliphatic carbocycles. The van der Waals surface area contributed by atoms with Gasteiger partial charge in [0, 0.05) is 11.8 Å². The van der Waals surface area contributed by atoms with Crippen LogP contribution in [-0.2, 0) is 0 Å². The topological polar surface area (TPSA) is 38.9 Å². The Morgan fingerprint density at radius 1 is 1.50 bits per heavy atom. The molecule has 0 radical (unpaired) electrons. The van der Waals surface area contributed by atoms with E-state index in [0.717, 1.165) is 21.0 Å². The average molecular weight is 225 g/mol. The number of rotatable bonds is 1. The third kappa shape index (κ3) is 1.61. The Kier molecular flexibility index (Phi) is 2.44. The second-order valence-electron chi connectivity index (χ2n) is 3.02. The fourth-order valence-electron chi connectivity index (χ4n) is 1.30. The second kappa shape index (κ2) is 3.59. The van der Waals surface area contributed by atoms with Crippen LogP contribution < -0.4 is 5.73 Å². The van der Waals surface area contributed by atoms with Crippen LogP contribution in [0.4, 0.5) is 5.82 Å². The van der Waals surface area contributed by atoms with Crippen molar-refractivity contribution in [2.75, 3.05) is 5.73 Å². The SMILES string of the molecule is Cc1cc(N)ncc1-c1sccc1Cl. The summed E-state index contributed by atoms with van der Waals surface area (Å²) in [7, 11) is 0. The Hall–Kier alpha value is -1.06. The molecule has 4 heteroatoms. The number of thiophene rings is 1. The van der Waals surface area contributed by atoms with Gasteiger partial charge in [0.2, 0.25) is 0 Å². The minimum atomic E-state index is 0.541. The van der Waals surface area contributed by atoms with Crippen molar-refractivity contribution in [1.29, 1.82) is 0 Å². The molecular formula is C10H9ClN2S. The van der Waals surface area contributed by atoms with Crippen LogP contribution in [0.3, 0.4) is 0 Å². The van der Waals surface area contributed by atoms with Crippen LogP contribution in [-0.4, -0.2) is 4.98 Å². The fraction of sp³-hybridized carbons (Fsp3) is 0.100. The van der Waals surface area contributed by atoms with Crippen LogP contribution >= 0.6 is 22.9 Å². The summed E-state index contributed by atoms with van der Waals surface area (Å²) >= 11 is 7.65. The molecule has 0 aliphatic heterocycles. The third-order valence-corrected chi connectivity index (χ3v) is 3.37. The number of halogens is 1. The number of anilines is 1. The van der Waals surface area contributed by atoms with E-state index in [1.807, 2.05) is 24.4 Å². The maximum atomic E-state index is 6.04. The monoisotopic (exact) mass is 224 g/mol. The zero-order valence-electron chi connectivity index (χ0n) is 7.62. The minimum absolute atomic E-state index is 0.541. The van der Waals surface area contributed by atoms with Gasteiger partial charge in [0.1, 0.15) is 5.82 Å². The lowest BCUT2D eigenvalue weighted by atomic mass is 10.1. The summed E-state index contributed by atoms with van der Waals surface area (Å²) in [5.74, 6) is 0.541. The van der Waals surface area contributed by atoms with Crippen molar-refractivity contribution in [3.63, 3.8) is 0 Å². The largest absolute Gasteiger partial charge is 0.384 e. The molecule has 0 fully saturated rings. The minimum Gasteiger partial charge on any atom is -0.384 e. The van der Waals surface area contributed by atoms with Gasteiger partial charge in [-0.3, -0.25) is 0 Å².